The molecule has 0 spiro atoms. The van der Waals surface area contributed by atoms with Gasteiger partial charge in [0.1, 0.15) is 11.4 Å². The van der Waals surface area contributed by atoms with Crippen LogP contribution in [0.2, 0.25) is 0 Å². The zero-order valence-corrected chi connectivity index (χ0v) is 16.0. The largest absolute Gasteiger partial charge is 0.497 e. The third-order valence-electron chi connectivity index (χ3n) is 3.89. The van der Waals surface area contributed by atoms with E-state index in [0.717, 1.165) is 0 Å². The zero-order valence-electron chi connectivity index (χ0n) is 16.0. The number of benzene rings is 2. The summed E-state index contributed by atoms with van der Waals surface area (Å²) in [6.45, 7) is 2.07. The number of hydrogen-bond acceptors (Lipinski definition) is 7. The monoisotopic (exact) mass is 392 g/mol. The molecular formula is C21H20N4O4. The fourth-order valence-electron chi connectivity index (χ4n) is 2.45. The highest BCUT2D eigenvalue weighted by molar-refractivity contribution is 6.03. The van der Waals surface area contributed by atoms with E-state index in [9.17, 15) is 9.59 Å². The minimum absolute atomic E-state index is 0.210. The predicted molar refractivity (Wildman–Crippen MR) is 109 cm³/mol. The molecule has 0 saturated heterocycles. The second-order valence-electron chi connectivity index (χ2n) is 5.87. The first-order valence-electron chi connectivity index (χ1n) is 8.91. The van der Waals surface area contributed by atoms with Crippen molar-refractivity contribution in [3.05, 3.63) is 72.1 Å². The molecule has 0 fully saturated rings. The van der Waals surface area contributed by atoms with Gasteiger partial charge in [0.05, 0.1) is 19.3 Å². The number of rotatable bonds is 7. The van der Waals surface area contributed by atoms with Gasteiger partial charge in [-0.25, -0.2) is 14.8 Å². The number of amides is 1. The van der Waals surface area contributed by atoms with E-state index in [1.807, 2.05) is 0 Å². The summed E-state index contributed by atoms with van der Waals surface area (Å²) in [6, 6.07) is 15.2. The van der Waals surface area contributed by atoms with Gasteiger partial charge < -0.3 is 20.1 Å². The lowest BCUT2D eigenvalue weighted by Crippen LogP contribution is -2.14. The summed E-state index contributed by atoms with van der Waals surface area (Å²) in [4.78, 5) is 32.5. The lowest BCUT2D eigenvalue weighted by molar-refractivity contribution is 0.0526. The van der Waals surface area contributed by atoms with Crippen molar-refractivity contribution in [2.75, 3.05) is 24.4 Å². The number of methoxy groups -OCH3 is 1. The maximum atomic E-state index is 12.4. The quantitative estimate of drug-likeness (QED) is 0.592. The Labute approximate surface area is 167 Å². The first-order chi connectivity index (χ1) is 14.1. The van der Waals surface area contributed by atoms with Crippen molar-refractivity contribution < 1.29 is 19.1 Å². The van der Waals surface area contributed by atoms with Gasteiger partial charge in [0.15, 0.2) is 0 Å². The SMILES string of the molecule is CCOC(=O)c1ccc(Nc2nccc(C(=O)Nc3ccc(OC)cc3)n2)cc1. The van der Waals surface area contributed by atoms with E-state index >= 15 is 0 Å². The highest BCUT2D eigenvalue weighted by Crippen LogP contribution is 2.17. The smallest absolute Gasteiger partial charge is 0.338 e. The van der Waals surface area contributed by atoms with Gasteiger partial charge in [0.25, 0.3) is 5.91 Å². The summed E-state index contributed by atoms with van der Waals surface area (Å²) in [5.74, 6) is 0.215. The van der Waals surface area contributed by atoms with Crippen LogP contribution in [0.1, 0.15) is 27.8 Å². The van der Waals surface area contributed by atoms with Gasteiger partial charge in [-0.05, 0) is 61.5 Å². The highest BCUT2D eigenvalue weighted by atomic mass is 16.5. The van der Waals surface area contributed by atoms with Gasteiger partial charge in [-0.1, -0.05) is 0 Å². The molecule has 8 nitrogen and oxygen atoms in total. The lowest BCUT2D eigenvalue weighted by Gasteiger charge is -2.08. The average Bonchev–Trinajstić information content (AvgIpc) is 2.75. The van der Waals surface area contributed by atoms with Crippen molar-refractivity contribution in [2.45, 2.75) is 6.92 Å². The van der Waals surface area contributed by atoms with Gasteiger partial charge in [-0.15, -0.1) is 0 Å². The molecule has 0 atom stereocenters. The molecule has 8 heteroatoms. The fraction of sp³-hybridized carbons (Fsp3) is 0.143. The normalized spacial score (nSPS) is 10.1. The average molecular weight is 392 g/mol. The second-order valence-corrected chi connectivity index (χ2v) is 5.87. The predicted octanol–water partition coefficient (Wildman–Crippen LogP) is 3.66. The van der Waals surface area contributed by atoms with Gasteiger partial charge in [0.2, 0.25) is 5.95 Å². The Morgan fingerprint density at radius 3 is 2.31 bits per heavy atom. The summed E-state index contributed by atoms with van der Waals surface area (Å²) in [6.07, 6.45) is 1.49. The van der Waals surface area contributed by atoms with Crippen LogP contribution in [0.5, 0.6) is 5.75 Å². The number of esters is 1. The molecule has 3 rings (SSSR count). The Hall–Kier alpha value is -3.94. The summed E-state index contributed by atoms with van der Waals surface area (Å²) < 4.78 is 10.1. The van der Waals surface area contributed by atoms with Crippen LogP contribution in [-0.2, 0) is 4.74 Å². The number of ether oxygens (including phenoxy) is 2. The molecule has 1 amide bonds. The third kappa shape index (κ3) is 5.29. The highest BCUT2D eigenvalue weighted by Gasteiger charge is 2.10. The lowest BCUT2D eigenvalue weighted by atomic mass is 10.2. The van der Waals surface area contributed by atoms with Crippen molar-refractivity contribution in [3.63, 3.8) is 0 Å². The second kappa shape index (κ2) is 9.32. The van der Waals surface area contributed by atoms with E-state index in [1.165, 1.54) is 12.3 Å². The third-order valence-corrected chi connectivity index (χ3v) is 3.89. The van der Waals surface area contributed by atoms with Crippen LogP contribution in [0.15, 0.2) is 60.8 Å². The molecule has 0 saturated carbocycles. The van der Waals surface area contributed by atoms with Crippen LogP contribution in [0.3, 0.4) is 0 Å². The molecule has 0 radical (unpaired) electrons. The molecule has 3 aromatic rings. The summed E-state index contributed by atoms with van der Waals surface area (Å²) >= 11 is 0. The number of hydrogen-bond donors (Lipinski definition) is 2. The molecule has 1 heterocycles. The summed E-state index contributed by atoms with van der Waals surface area (Å²) in [7, 11) is 1.58. The van der Waals surface area contributed by atoms with Crippen LogP contribution in [0, 0.1) is 0 Å². The minimum Gasteiger partial charge on any atom is -0.497 e. The first kappa shape index (κ1) is 19.8. The summed E-state index contributed by atoms with van der Waals surface area (Å²) in [5.41, 5.74) is 1.96. The van der Waals surface area contributed by atoms with Gasteiger partial charge in [-0.2, -0.15) is 0 Å². The van der Waals surface area contributed by atoms with Crippen molar-refractivity contribution in [2.24, 2.45) is 0 Å². The Morgan fingerprint density at radius 2 is 1.66 bits per heavy atom. The van der Waals surface area contributed by atoms with E-state index in [-0.39, 0.29) is 23.5 Å². The van der Waals surface area contributed by atoms with E-state index in [2.05, 4.69) is 20.6 Å². The zero-order chi connectivity index (χ0) is 20.6. The van der Waals surface area contributed by atoms with E-state index in [0.29, 0.717) is 29.3 Å². The van der Waals surface area contributed by atoms with Gasteiger partial charge >= 0.3 is 5.97 Å². The molecule has 2 aromatic carbocycles. The molecule has 29 heavy (non-hydrogen) atoms. The Kier molecular flexibility index (Phi) is 6.36. The number of nitrogens with zero attached hydrogens (tertiary/aromatic N) is 2. The minimum atomic E-state index is -0.382. The Balaban J connectivity index is 1.67. The molecular weight excluding hydrogens is 372 g/mol. The van der Waals surface area contributed by atoms with Crippen LogP contribution < -0.4 is 15.4 Å². The molecule has 0 aliphatic rings. The van der Waals surface area contributed by atoms with Crippen molar-refractivity contribution in [1.29, 1.82) is 0 Å². The Bertz CT molecular complexity index is 988. The number of anilines is 3. The maximum Gasteiger partial charge on any atom is 0.338 e. The molecule has 0 unspecified atom stereocenters. The van der Waals surface area contributed by atoms with Crippen molar-refractivity contribution in [3.8, 4) is 5.75 Å². The molecule has 0 aliphatic carbocycles. The number of carbonyl (C=O) groups excluding carboxylic acids is 2. The number of aromatic nitrogens is 2. The van der Waals surface area contributed by atoms with Crippen LogP contribution in [0.4, 0.5) is 17.3 Å². The van der Waals surface area contributed by atoms with Crippen LogP contribution in [-0.4, -0.2) is 35.6 Å². The Morgan fingerprint density at radius 1 is 0.966 bits per heavy atom. The van der Waals surface area contributed by atoms with Gasteiger partial charge in [0, 0.05) is 17.6 Å². The molecule has 2 N–H and O–H groups in total. The topological polar surface area (TPSA) is 102 Å². The fourth-order valence-corrected chi connectivity index (χ4v) is 2.45. The van der Waals surface area contributed by atoms with Gasteiger partial charge in [-0.3, -0.25) is 4.79 Å². The molecule has 0 aliphatic heterocycles. The van der Waals surface area contributed by atoms with E-state index < -0.39 is 0 Å². The first-order valence-corrected chi connectivity index (χ1v) is 8.91. The molecule has 148 valence electrons. The number of carbonyl (C=O) groups is 2. The summed E-state index contributed by atoms with van der Waals surface area (Å²) in [5, 5.41) is 5.77. The van der Waals surface area contributed by atoms with E-state index in [1.54, 1.807) is 62.6 Å². The van der Waals surface area contributed by atoms with Crippen molar-refractivity contribution in [1.82, 2.24) is 9.97 Å². The standard InChI is InChI=1S/C21H20N4O4/c1-3-29-20(27)14-4-6-16(7-5-14)24-21-22-13-12-18(25-21)19(26)23-15-8-10-17(28-2)11-9-15/h4-13H,3H2,1-2H3,(H,23,26)(H,22,24,25). The maximum absolute atomic E-state index is 12.4. The molecule has 0 bridgehead atoms. The van der Waals surface area contributed by atoms with Crippen molar-refractivity contribution >= 4 is 29.2 Å². The molecule has 1 aromatic heterocycles. The van der Waals surface area contributed by atoms with Crippen LogP contribution in [0.25, 0.3) is 0 Å². The number of nitrogens with one attached hydrogen (secondary N) is 2. The van der Waals surface area contributed by atoms with E-state index in [4.69, 9.17) is 9.47 Å². The van der Waals surface area contributed by atoms with Crippen LogP contribution >= 0.6 is 0 Å².